The Balaban J connectivity index is 1.63. The molecule has 3 rings (SSSR count). The molecule has 1 aromatic carbocycles. The van der Waals surface area contributed by atoms with Crippen molar-refractivity contribution in [2.75, 3.05) is 0 Å². The van der Waals surface area contributed by atoms with Crippen LogP contribution in [0, 0.1) is 11.8 Å². The van der Waals surface area contributed by atoms with Crippen LogP contribution in [0.1, 0.15) is 57.4 Å². The molecule has 1 heterocycles. The van der Waals surface area contributed by atoms with E-state index in [0.717, 1.165) is 31.2 Å². The van der Waals surface area contributed by atoms with Gasteiger partial charge in [-0.05, 0) is 68.4 Å². The maximum Gasteiger partial charge on any atom is 0.460 e. The summed E-state index contributed by atoms with van der Waals surface area (Å²) in [5.74, 6) is -41.8. The van der Waals surface area contributed by atoms with Gasteiger partial charge >= 0.3 is 41.8 Å². The molecule has 0 saturated heterocycles. The molecule has 0 amide bonds. The number of carbonyl (C=O) groups excluding carboxylic acids is 1. The highest BCUT2D eigenvalue weighted by Crippen LogP contribution is 2.62. The van der Waals surface area contributed by atoms with E-state index in [1.807, 2.05) is 0 Å². The predicted octanol–water partition coefficient (Wildman–Crippen LogP) is 9.33. The van der Waals surface area contributed by atoms with Crippen molar-refractivity contribution in [2.45, 2.75) is 94.1 Å². The Morgan fingerprint density at radius 3 is 1.73 bits per heavy atom. The molecule has 0 N–H and O–H groups in total. The van der Waals surface area contributed by atoms with Gasteiger partial charge in [0.1, 0.15) is 5.75 Å². The quantitative estimate of drug-likeness (QED) is 0.0978. The smallest absolute Gasteiger partial charge is 0.426 e. The zero-order valence-electron chi connectivity index (χ0n) is 23.4. The fourth-order valence-electron chi connectivity index (χ4n) is 4.81. The summed E-state index contributed by atoms with van der Waals surface area (Å²) in [5.41, 5.74) is 1.50. The summed E-state index contributed by atoms with van der Waals surface area (Å²) >= 11 is 0. The molecule has 0 bridgehead atoms. The number of aromatic nitrogens is 2. The molecule has 0 atom stereocenters. The number of rotatable bonds is 12. The van der Waals surface area contributed by atoms with Crippen molar-refractivity contribution in [2.24, 2.45) is 11.8 Å². The fraction of sp³-hybridized carbons (Fsp3) is 0.607. The van der Waals surface area contributed by atoms with Gasteiger partial charge in [0.2, 0.25) is 0 Å². The van der Waals surface area contributed by atoms with E-state index in [2.05, 4.69) is 16.9 Å². The van der Waals surface area contributed by atoms with E-state index in [1.165, 1.54) is 24.3 Å². The molecule has 45 heavy (non-hydrogen) atoms. The van der Waals surface area contributed by atoms with E-state index in [0.29, 0.717) is 11.4 Å². The number of halogens is 13. The van der Waals surface area contributed by atoms with Gasteiger partial charge < -0.3 is 4.74 Å². The molecule has 17 heteroatoms. The van der Waals surface area contributed by atoms with E-state index in [-0.39, 0.29) is 5.75 Å². The molecular formula is C28H27F13N2O2. The first-order chi connectivity index (χ1) is 20.6. The van der Waals surface area contributed by atoms with E-state index in [4.69, 9.17) is 4.74 Å². The first-order valence-electron chi connectivity index (χ1n) is 13.7. The van der Waals surface area contributed by atoms with Gasteiger partial charge in [0, 0.05) is 23.9 Å². The number of alkyl halides is 13. The van der Waals surface area contributed by atoms with Gasteiger partial charge in [-0.2, -0.15) is 57.1 Å². The number of esters is 1. The third-order valence-electron chi connectivity index (χ3n) is 7.64. The van der Waals surface area contributed by atoms with Crippen molar-refractivity contribution in [1.82, 2.24) is 9.97 Å². The predicted molar refractivity (Wildman–Crippen MR) is 133 cm³/mol. The Morgan fingerprint density at radius 1 is 0.733 bits per heavy atom. The monoisotopic (exact) mass is 670 g/mol. The van der Waals surface area contributed by atoms with Crippen LogP contribution in [0.4, 0.5) is 57.1 Å². The summed E-state index contributed by atoms with van der Waals surface area (Å²) in [5, 5.41) is 0. The number of benzene rings is 1. The van der Waals surface area contributed by atoms with Gasteiger partial charge in [0.05, 0.1) is 5.92 Å². The van der Waals surface area contributed by atoms with Crippen LogP contribution >= 0.6 is 0 Å². The Kier molecular flexibility index (Phi) is 10.4. The summed E-state index contributed by atoms with van der Waals surface area (Å²) < 4.78 is 180. The standard InChI is InChI=1S/C28H27F13N2O2/c1-2-3-4-5-16-14-42-21(43-15-16)17-8-12-20(13-9-17)45-22(44)18-6-10-19(11-7-18)23(29,30)24(31,32)25(33,34)26(35,36)27(37,38)28(39,40)41/h8-9,12-15,18-19H,2-7,10-11H2,1H3. The van der Waals surface area contributed by atoms with Gasteiger partial charge in [-0.3, -0.25) is 4.79 Å². The Labute approximate surface area is 248 Å². The molecule has 4 nitrogen and oxygen atoms in total. The van der Waals surface area contributed by atoms with Crippen LogP contribution < -0.4 is 4.74 Å². The van der Waals surface area contributed by atoms with Gasteiger partial charge in [-0.15, -0.1) is 0 Å². The molecular weight excluding hydrogens is 643 g/mol. The lowest BCUT2D eigenvalue weighted by Crippen LogP contribution is -2.71. The minimum absolute atomic E-state index is 0.0219. The van der Waals surface area contributed by atoms with Crippen LogP contribution in [-0.4, -0.2) is 51.7 Å². The van der Waals surface area contributed by atoms with Crippen LogP contribution in [-0.2, 0) is 11.2 Å². The van der Waals surface area contributed by atoms with Crippen molar-refractivity contribution in [3.63, 3.8) is 0 Å². The van der Waals surface area contributed by atoms with Crippen LogP contribution in [0.2, 0.25) is 0 Å². The number of aryl methyl sites for hydroxylation is 1. The van der Waals surface area contributed by atoms with Crippen LogP contribution in [0.5, 0.6) is 5.75 Å². The molecule has 0 aliphatic heterocycles. The summed E-state index contributed by atoms with van der Waals surface area (Å²) in [7, 11) is 0. The van der Waals surface area contributed by atoms with E-state index in [9.17, 15) is 61.9 Å². The molecule has 1 saturated carbocycles. The highest BCUT2D eigenvalue weighted by molar-refractivity contribution is 5.75. The Hall–Kier alpha value is -3.14. The van der Waals surface area contributed by atoms with Gasteiger partial charge in [0.15, 0.2) is 5.82 Å². The summed E-state index contributed by atoms with van der Waals surface area (Å²) in [6.45, 7) is 2.07. The second-order valence-electron chi connectivity index (χ2n) is 10.8. The normalized spacial score (nSPS) is 19.0. The number of hydrogen-bond acceptors (Lipinski definition) is 4. The lowest BCUT2D eigenvalue weighted by atomic mass is 9.75. The third kappa shape index (κ3) is 6.86. The van der Waals surface area contributed by atoms with Crippen molar-refractivity contribution in [3.05, 3.63) is 42.2 Å². The van der Waals surface area contributed by atoms with E-state index >= 15 is 0 Å². The second kappa shape index (κ2) is 12.9. The second-order valence-corrected chi connectivity index (χ2v) is 10.8. The summed E-state index contributed by atoms with van der Waals surface area (Å²) in [6, 6.07) is 5.72. The van der Waals surface area contributed by atoms with Gasteiger partial charge in [0.25, 0.3) is 0 Å². The molecule has 252 valence electrons. The van der Waals surface area contributed by atoms with E-state index in [1.54, 1.807) is 12.4 Å². The molecule has 1 aromatic heterocycles. The van der Waals surface area contributed by atoms with Crippen LogP contribution in [0.15, 0.2) is 36.7 Å². The lowest BCUT2D eigenvalue weighted by molar-refractivity contribution is -0.443. The molecule has 2 aromatic rings. The Morgan fingerprint density at radius 2 is 1.24 bits per heavy atom. The first kappa shape index (κ1) is 36.3. The zero-order valence-corrected chi connectivity index (χ0v) is 23.4. The summed E-state index contributed by atoms with van der Waals surface area (Å²) in [6.07, 6.45) is -3.90. The van der Waals surface area contributed by atoms with Gasteiger partial charge in [-0.25, -0.2) is 9.97 Å². The summed E-state index contributed by atoms with van der Waals surface area (Å²) in [4.78, 5) is 21.1. The molecule has 0 unspecified atom stereocenters. The minimum atomic E-state index is -7.94. The zero-order chi connectivity index (χ0) is 34.1. The topological polar surface area (TPSA) is 52.1 Å². The minimum Gasteiger partial charge on any atom is -0.426 e. The highest BCUT2D eigenvalue weighted by Gasteiger charge is 2.91. The van der Waals surface area contributed by atoms with Crippen LogP contribution in [0.25, 0.3) is 11.4 Å². The van der Waals surface area contributed by atoms with E-state index < -0.39 is 79.3 Å². The number of carbonyl (C=O) groups is 1. The van der Waals surface area contributed by atoms with Crippen molar-refractivity contribution < 1.29 is 66.6 Å². The van der Waals surface area contributed by atoms with Crippen molar-refractivity contribution >= 4 is 5.97 Å². The number of nitrogens with zero attached hydrogens (tertiary/aromatic N) is 2. The average molecular weight is 671 g/mol. The molecule has 1 fully saturated rings. The number of unbranched alkanes of at least 4 members (excludes halogenated alkanes) is 2. The lowest BCUT2D eigenvalue weighted by Gasteiger charge is -2.43. The maximum atomic E-state index is 14.5. The number of hydrogen-bond donors (Lipinski definition) is 0. The SMILES string of the molecule is CCCCCc1cnc(-c2ccc(OC(=O)C3CCC(C(F)(F)C(F)(F)C(F)(F)C(F)(F)C(F)(F)C(F)(F)F)CC3)cc2)nc1. The fourth-order valence-corrected chi connectivity index (χ4v) is 4.81. The Bertz CT molecular complexity index is 1290. The van der Waals surface area contributed by atoms with Gasteiger partial charge in [-0.1, -0.05) is 19.8 Å². The largest absolute Gasteiger partial charge is 0.460 e. The molecule has 1 aliphatic rings. The highest BCUT2D eigenvalue weighted by atomic mass is 19.4. The third-order valence-corrected chi connectivity index (χ3v) is 7.64. The molecule has 0 radical (unpaired) electrons. The van der Waals surface area contributed by atoms with Crippen molar-refractivity contribution in [3.8, 4) is 17.1 Å². The molecule has 1 aliphatic carbocycles. The maximum absolute atomic E-state index is 14.5. The van der Waals surface area contributed by atoms with Crippen LogP contribution in [0.3, 0.4) is 0 Å². The van der Waals surface area contributed by atoms with Crippen molar-refractivity contribution in [1.29, 1.82) is 0 Å². The first-order valence-corrected chi connectivity index (χ1v) is 13.7. The molecule has 0 spiro atoms. The average Bonchev–Trinajstić information content (AvgIpc) is 2.97. The number of ether oxygens (including phenoxy) is 1.